The molecule has 1 unspecified atom stereocenters. The number of amides is 1. The zero-order valence-electron chi connectivity index (χ0n) is 12.1. The monoisotopic (exact) mass is 276 g/mol. The number of hydrogen-bond donors (Lipinski definition) is 3. The Labute approximate surface area is 117 Å². The molecule has 2 aromatic heterocycles. The van der Waals surface area contributed by atoms with Gasteiger partial charge in [-0.05, 0) is 20.8 Å². The van der Waals surface area contributed by atoms with Gasteiger partial charge in [-0.25, -0.2) is 9.97 Å². The molecule has 2 heterocycles. The van der Waals surface area contributed by atoms with Gasteiger partial charge in [0.1, 0.15) is 11.9 Å². The van der Waals surface area contributed by atoms with E-state index in [1.54, 1.807) is 20.2 Å². The summed E-state index contributed by atoms with van der Waals surface area (Å²) in [4.78, 5) is 20.6. The fourth-order valence-electron chi connectivity index (χ4n) is 1.83. The molecule has 7 heteroatoms. The molecule has 2 aromatic rings. The SMILES string of the molecule is CNc1cn2ccnc2c(NC(C)C(=O)NC(C)C)n1. The molecule has 0 fully saturated rings. The second-order valence-corrected chi connectivity index (χ2v) is 4.91. The lowest BCUT2D eigenvalue weighted by Gasteiger charge is -2.17. The van der Waals surface area contributed by atoms with Crippen LogP contribution < -0.4 is 16.0 Å². The molecule has 3 N–H and O–H groups in total. The molecular weight excluding hydrogens is 256 g/mol. The van der Waals surface area contributed by atoms with Crippen LogP contribution >= 0.6 is 0 Å². The van der Waals surface area contributed by atoms with Crippen molar-refractivity contribution < 1.29 is 4.79 Å². The normalized spacial score (nSPS) is 12.4. The molecule has 1 amide bonds. The molecule has 0 aliphatic heterocycles. The average Bonchev–Trinajstić information content (AvgIpc) is 2.86. The first-order valence-electron chi connectivity index (χ1n) is 6.59. The fraction of sp³-hybridized carbons (Fsp3) is 0.462. The van der Waals surface area contributed by atoms with Crippen molar-refractivity contribution in [2.75, 3.05) is 17.7 Å². The Morgan fingerprint density at radius 3 is 2.75 bits per heavy atom. The summed E-state index contributed by atoms with van der Waals surface area (Å²) in [5, 5.41) is 8.95. The Bertz CT molecular complexity index is 606. The highest BCUT2D eigenvalue weighted by molar-refractivity contribution is 5.85. The lowest BCUT2D eigenvalue weighted by atomic mass is 10.3. The first-order valence-corrected chi connectivity index (χ1v) is 6.59. The second kappa shape index (κ2) is 5.77. The van der Waals surface area contributed by atoms with Gasteiger partial charge in [0.05, 0.1) is 6.20 Å². The zero-order valence-corrected chi connectivity index (χ0v) is 12.1. The first kappa shape index (κ1) is 14.1. The van der Waals surface area contributed by atoms with Crippen LogP contribution in [0.1, 0.15) is 20.8 Å². The highest BCUT2D eigenvalue weighted by atomic mass is 16.2. The molecule has 0 aliphatic carbocycles. The molecule has 1 atom stereocenters. The Morgan fingerprint density at radius 2 is 2.10 bits per heavy atom. The molecule has 0 spiro atoms. The van der Waals surface area contributed by atoms with Gasteiger partial charge < -0.3 is 20.4 Å². The van der Waals surface area contributed by atoms with Crippen molar-refractivity contribution in [1.82, 2.24) is 19.7 Å². The third kappa shape index (κ3) is 2.98. The molecule has 7 nitrogen and oxygen atoms in total. The minimum Gasteiger partial charge on any atom is -0.372 e. The minimum absolute atomic E-state index is 0.0682. The van der Waals surface area contributed by atoms with E-state index in [0.29, 0.717) is 17.3 Å². The maximum atomic E-state index is 11.9. The van der Waals surface area contributed by atoms with Crippen LogP contribution in [0.25, 0.3) is 5.65 Å². The molecule has 0 saturated carbocycles. The molecule has 0 saturated heterocycles. The summed E-state index contributed by atoms with van der Waals surface area (Å²) in [7, 11) is 1.80. The average molecular weight is 276 g/mol. The van der Waals surface area contributed by atoms with Crippen LogP contribution in [0.4, 0.5) is 11.6 Å². The van der Waals surface area contributed by atoms with Crippen LogP contribution in [0.2, 0.25) is 0 Å². The van der Waals surface area contributed by atoms with Gasteiger partial charge in [0.2, 0.25) is 5.91 Å². The number of carbonyl (C=O) groups is 1. The molecule has 0 aromatic carbocycles. The van der Waals surface area contributed by atoms with Gasteiger partial charge in [0.15, 0.2) is 11.5 Å². The summed E-state index contributed by atoms with van der Waals surface area (Å²) < 4.78 is 1.86. The van der Waals surface area contributed by atoms with Crippen molar-refractivity contribution in [1.29, 1.82) is 0 Å². The Hall–Kier alpha value is -2.31. The summed E-state index contributed by atoms with van der Waals surface area (Å²) in [6, 6.07) is -0.285. The predicted molar refractivity (Wildman–Crippen MR) is 78.9 cm³/mol. The van der Waals surface area contributed by atoms with Gasteiger partial charge in [-0.1, -0.05) is 0 Å². The van der Waals surface area contributed by atoms with Crippen LogP contribution in [0.15, 0.2) is 18.6 Å². The van der Waals surface area contributed by atoms with Crippen molar-refractivity contribution >= 4 is 23.2 Å². The van der Waals surface area contributed by atoms with Crippen LogP contribution in [0.5, 0.6) is 0 Å². The van der Waals surface area contributed by atoms with E-state index in [-0.39, 0.29) is 11.9 Å². The van der Waals surface area contributed by atoms with Gasteiger partial charge in [-0.15, -0.1) is 0 Å². The maximum absolute atomic E-state index is 11.9. The van der Waals surface area contributed by atoms with Crippen molar-refractivity contribution in [3.8, 4) is 0 Å². The third-order valence-corrected chi connectivity index (χ3v) is 2.81. The van der Waals surface area contributed by atoms with E-state index in [1.165, 1.54) is 0 Å². The van der Waals surface area contributed by atoms with E-state index >= 15 is 0 Å². The Kier molecular flexibility index (Phi) is 4.07. The molecular formula is C13H20N6O. The number of fused-ring (bicyclic) bond motifs is 1. The predicted octanol–water partition coefficient (Wildman–Crippen LogP) is 1.10. The van der Waals surface area contributed by atoms with E-state index < -0.39 is 6.04 Å². The van der Waals surface area contributed by atoms with Gasteiger partial charge in [0, 0.05) is 25.5 Å². The highest BCUT2D eigenvalue weighted by Gasteiger charge is 2.16. The summed E-state index contributed by atoms with van der Waals surface area (Å²) in [6.07, 6.45) is 5.37. The standard InChI is InChI=1S/C13H20N6O/c1-8(2)16-13(20)9(3)17-11-12-15-5-6-19(12)7-10(14-4)18-11/h5-9,14H,1-4H3,(H,16,20)(H,17,18). The number of rotatable bonds is 5. The zero-order chi connectivity index (χ0) is 14.7. The summed E-state index contributed by atoms with van der Waals surface area (Å²) in [6.45, 7) is 5.65. The van der Waals surface area contributed by atoms with Crippen LogP contribution in [0.3, 0.4) is 0 Å². The first-order chi connectivity index (χ1) is 9.51. The van der Waals surface area contributed by atoms with Crippen molar-refractivity contribution in [3.05, 3.63) is 18.6 Å². The van der Waals surface area contributed by atoms with E-state index in [0.717, 1.165) is 0 Å². The van der Waals surface area contributed by atoms with E-state index in [9.17, 15) is 4.79 Å². The number of imidazole rings is 1. The quantitative estimate of drug-likeness (QED) is 0.761. The highest BCUT2D eigenvalue weighted by Crippen LogP contribution is 2.16. The summed E-state index contributed by atoms with van der Waals surface area (Å²) in [5.74, 6) is 1.21. The number of nitrogens with one attached hydrogen (secondary N) is 3. The topological polar surface area (TPSA) is 83.3 Å². The van der Waals surface area contributed by atoms with E-state index in [2.05, 4.69) is 25.9 Å². The lowest BCUT2D eigenvalue weighted by molar-refractivity contribution is -0.122. The minimum atomic E-state index is -0.391. The second-order valence-electron chi connectivity index (χ2n) is 4.91. The van der Waals surface area contributed by atoms with Crippen molar-refractivity contribution in [2.45, 2.75) is 32.9 Å². The number of nitrogens with zero attached hydrogens (tertiary/aromatic N) is 3. The number of hydrogen-bond acceptors (Lipinski definition) is 5. The fourth-order valence-corrected chi connectivity index (χ4v) is 1.83. The number of aromatic nitrogens is 3. The van der Waals surface area contributed by atoms with Crippen LogP contribution in [-0.2, 0) is 4.79 Å². The number of carbonyl (C=O) groups excluding carboxylic acids is 1. The molecule has 108 valence electrons. The van der Waals surface area contributed by atoms with Crippen LogP contribution in [-0.4, -0.2) is 39.4 Å². The van der Waals surface area contributed by atoms with Gasteiger partial charge in [0.25, 0.3) is 0 Å². The van der Waals surface area contributed by atoms with Gasteiger partial charge >= 0.3 is 0 Å². The van der Waals surface area contributed by atoms with E-state index in [1.807, 2.05) is 30.6 Å². The smallest absolute Gasteiger partial charge is 0.242 e. The number of anilines is 2. The van der Waals surface area contributed by atoms with Gasteiger partial charge in [-0.3, -0.25) is 4.79 Å². The molecule has 0 aliphatic rings. The Morgan fingerprint density at radius 1 is 1.35 bits per heavy atom. The molecule has 2 rings (SSSR count). The van der Waals surface area contributed by atoms with Gasteiger partial charge in [-0.2, -0.15) is 0 Å². The molecule has 0 radical (unpaired) electrons. The summed E-state index contributed by atoms with van der Waals surface area (Å²) in [5.41, 5.74) is 0.688. The third-order valence-electron chi connectivity index (χ3n) is 2.81. The largest absolute Gasteiger partial charge is 0.372 e. The van der Waals surface area contributed by atoms with E-state index in [4.69, 9.17) is 0 Å². The van der Waals surface area contributed by atoms with Crippen LogP contribution in [0, 0.1) is 0 Å². The summed E-state index contributed by atoms with van der Waals surface area (Å²) >= 11 is 0. The van der Waals surface area contributed by atoms with Crippen molar-refractivity contribution in [2.24, 2.45) is 0 Å². The maximum Gasteiger partial charge on any atom is 0.242 e. The molecule has 0 bridgehead atoms. The van der Waals surface area contributed by atoms with Crippen molar-refractivity contribution in [3.63, 3.8) is 0 Å². The lowest BCUT2D eigenvalue weighted by Crippen LogP contribution is -2.41. The molecule has 20 heavy (non-hydrogen) atoms. The Balaban J connectivity index is 2.24.